The number of aromatic nitrogens is 2. The molecule has 1 saturated heterocycles. The van der Waals surface area contributed by atoms with E-state index in [2.05, 4.69) is 36.1 Å². The molecule has 1 atom stereocenters. The third kappa shape index (κ3) is 2.88. The van der Waals surface area contributed by atoms with Crippen LogP contribution in [0.2, 0.25) is 0 Å². The van der Waals surface area contributed by atoms with E-state index >= 15 is 0 Å². The third-order valence-corrected chi connectivity index (χ3v) is 4.29. The van der Waals surface area contributed by atoms with Gasteiger partial charge in [0.2, 0.25) is 0 Å². The molecule has 1 aromatic heterocycles. The molecule has 2 heterocycles. The second kappa shape index (κ2) is 4.96. The highest BCUT2D eigenvalue weighted by Crippen LogP contribution is 2.27. The fourth-order valence-corrected chi connectivity index (χ4v) is 3.00. The van der Waals surface area contributed by atoms with Gasteiger partial charge in [-0.25, -0.2) is 9.97 Å². The number of hydrogen-bond acceptors (Lipinski definition) is 5. The summed E-state index contributed by atoms with van der Waals surface area (Å²) in [6.07, 6.45) is 1.19. The van der Waals surface area contributed by atoms with Crippen molar-refractivity contribution in [2.75, 3.05) is 22.6 Å². The van der Waals surface area contributed by atoms with E-state index in [4.69, 9.17) is 5.73 Å². The van der Waals surface area contributed by atoms with E-state index < -0.39 is 0 Å². The molecular formula is C13H22N4S. The minimum atomic E-state index is -0.0807. The zero-order valence-corrected chi connectivity index (χ0v) is 12.4. The number of thioether (sulfide) groups is 1. The van der Waals surface area contributed by atoms with E-state index in [1.165, 1.54) is 12.2 Å². The van der Waals surface area contributed by atoms with Crippen LogP contribution in [0.1, 0.15) is 38.6 Å². The van der Waals surface area contributed by atoms with E-state index in [9.17, 15) is 0 Å². The minimum absolute atomic E-state index is 0.0807. The first kappa shape index (κ1) is 13.5. The molecule has 0 radical (unpaired) electrons. The number of rotatable bonds is 2. The Kier molecular flexibility index (Phi) is 3.71. The summed E-state index contributed by atoms with van der Waals surface area (Å²) in [6, 6.07) is 0.510. The van der Waals surface area contributed by atoms with Crippen LogP contribution in [0.15, 0.2) is 0 Å². The van der Waals surface area contributed by atoms with E-state index in [0.717, 1.165) is 23.0 Å². The molecule has 1 unspecified atom stereocenters. The second-order valence-corrected chi connectivity index (χ2v) is 7.01. The molecule has 1 aliphatic rings. The van der Waals surface area contributed by atoms with Gasteiger partial charge < -0.3 is 11.1 Å². The predicted octanol–water partition coefficient (Wildman–Crippen LogP) is 2.58. The summed E-state index contributed by atoms with van der Waals surface area (Å²) in [7, 11) is 0. The molecule has 2 rings (SSSR count). The van der Waals surface area contributed by atoms with Gasteiger partial charge in [0, 0.05) is 22.8 Å². The molecule has 0 aromatic carbocycles. The van der Waals surface area contributed by atoms with Crippen LogP contribution in [0.3, 0.4) is 0 Å². The molecular weight excluding hydrogens is 244 g/mol. The summed E-state index contributed by atoms with van der Waals surface area (Å²) in [6.45, 7) is 8.29. The molecule has 0 bridgehead atoms. The molecule has 1 aromatic rings. The van der Waals surface area contributed by atoms with Crippen molar-refractivity contribution in [3.05, 3.63) is 11.4 Å². The van der Waals surface area contributed by atoms with Crippen LogP contribution in [0.5, 0.6) is 0 Å². The van der Waals surface area contributed by atoms with Crippen molar-refractivity contribution in [2.24, 2.45) is 0 Å². The normalized spacial score (nSPS) is 20.1. The van der Waals surface area contributed by atoms with Gasteiger partial charge in [-0.15, -0.1) is 0 Å². The smallest absolute Gasteiger partial charge is 0.138 e. The number of nitrogens with zero attached hydrogens (tertiary/aromatic N) is 2. The van der Waals surface area contributed by atoms with Gasteiger partial charge in [0.15, 0.2) is 0 Å². The number of hydrogen-bond donors (Lipinski definition) is 2. The molecule has 18 heavy (non-hydrogen) atoms. The summed E-state index contributed by atoms with van der Waals surface area (Å²) in [5.41, 5.74) is 6.87. The second-order valence-electron chi connectivity index (χ2n) is 5.86. The van der Waals surface area contributed by atoms with Crippen molar-refractivity contribution < 1.29 is 0 Å². The molecule has 0 aliphatic carbocycles. The van der Waals surface area contributed by atoms with Crippen molar-refractivity contribution in [1.29, 1.82) is 0 Å². The lowest BCUT2D eigenvalue weighted by Crippen LogP contribution is -2.23. The van der Waals surface area contributed by atoms with Crippen LogP contribution in [-0.2, 0) is 5.41 Å². The lowest BCUT2D eigenvalue weighted by Gasteiger charge is -2.21. The Bertz CT molecular complexity index is 433. The molecule has 4 nitrogen and oxygen atoms in total. The van der Waals surface area contributed by atoms with Crippen molar-refractivity contribution in [1.82, 2.24) is 9.97 Å². The predicted molar refractivity (Wildman–Crippen MR) is 79.2 cm³/mol. The standard InChI is InChI=1S/C13H22N4S/c1-8-10(14)16-12(13(2,3)4)17-11(8)15-9-5-6-18-7-9/h9H,5-7H2,1-4H3,(H3,14,15,16,17). The first-order valence-corrected chi connectivity index (χ1v) is 7.52. The van der Waals surface area contributed by atoms with E-state index in [-0.39, 0.29) is 5.41 Å². The first-order valence-electron chi connectivity index (χ1n) is 6.37. The van der Waals surface area contributed by atoms with E-state index in [0.29, 0.717) is 11.9 Å². The van der Waals surface area contributed by atoms with Crippen LogP contribution in [0, 0.1) is 6.92 Å². The lowest BCUT2D eigenvalue weighted by atomic mass is 9.95. The van der Waals surface area contributed by atoms with Crippen LogP contribution in [-0.4, -0.2) is 27.5 Å². The maximum absolute atomic E-state index is 6.00. The van der Waals surface area contributed by atoms with Gasteiger partial charge in [0.25, 0.3) is 0 Å². The van der Waals surface area contributed by atoms with Crippen LogP contribution in [0.25, 0.3) is 0 Å². The number of nitrogens with two attached hydrogens (primary N) is 1. The van der Waals surface area contributed by atoms with Gasteiger partial charge in [-0.3, -0.25) is 0 Å². The molecule has 5 heteroatoms. The summed E-state index contributed by atoms with van der Waals surface area (Å²) in [4.78, 5) is 9.06. The summed E-state index contributed by atoms with van der Waals surface area (Å²) in [5.74, 6) is 4.67. The first-order chi connectivity index (χ1) is 8.38. The van der Waals surface area contributed by atoms with Crippen LogP contribution in [0.4, 0.5) is 11.6 Å². The molecule has 3 N–H and O–H groups in total. The van der Waals surface area contributed by atoms with Crippen molar-refractivity contribution >= 4 is 23.4 Å². The average Bonchev–Trinajstić information content (AvgIpc) is 2.75. The molecule has 0 amide bonds. The zero-order chi connectivity index (χ0) is 13.3. The topological polar surface area (TPSA) is 63.8 Å². The van der Waals surface area contributed by atoms with Gasteiger partial charge in [-0.1, -0.05) is 20.8 Å². The highest BCUT2D eigenvalue weighted by Gasteiger charge is 2.22. The lowest BCUT2D eigenvalue weighted by molar-refractivity contribution is 0.546. The Labute approximate surface area is 113 Å². The Hall–Kier alpha value is -0.970. The fourth-order valence-electron chi connectivity index (χ4n) is 1.85. The van der Waals surface area contributed by atoms with E-state index in [1.807, 2.05) is 18.7 Å². The summed E-state index contributed by atoms with van der Waals surface area (Å²) >= 11 is 1.98. The molecule has 1 aliphatic heterocycles. The minimum Gasteiger partial charge on any atom is -0.383 e. The van der Waals surface area contributed by atoms with Crippen LogP contribution >= 0.6 is 11.8 Å². The largest absolute Gasteiger partial charge is 0.383 e. The van der Waals surface area contributed by atoms with E-state index in [1.54, 1.807) is 0 Å². The number of anilines is 2. The van der Waals surface area contributed by atoms with Crippen LogP contribution < -0.4 is 11.1 Å². The SMILES string of the molecule is Cc1c(N)nc(C(C)(C)C)nc1NC1CCSC1. The van der Waals surface area contributed by atoms with Gasteiger partial charge >= 0.3 is 0 Å². The Balaban J connectivity index is 2.30. The van der Waals surface area contributed by atoms with Crippen molar-refractivity contribution in [3.8, 4) is 0 Å². The van der Waals surface area contributed by atoms with Gasteiger partial charge in [0.1, 0.15) is 17.5 Å². The summed E-state index contributed by atoms with van der Waals surface area (Å²) < 4.78 is 0. The Morgan fingerprint density at radius 2 is 2.06 bits per heavy atom. The average molecular weight is 266 g/mol. The number of nitrogen functional groups attached to an aromatic ring is 1. The summed E-state index contributed by atoms with van der Waals surface area (Å²) in [5, 5.41) is 3.51. The highest BCUT2D eigenvalue weighted by molar-refractivity contribution is 7.99. The molecule has 100 valence electrons. The highest BCUT2D eigenvalue weighted by atomic mass is 32.2. The number of nitrogens with one attached hydrogen (secondary N) is 1. The van der Waals surface area contributed by atoms with Gasteiger partial charge in [-0.05, 0) is 19.1 Å². The monoisotopic (exact) mass is 266 g/mol. The zero-order valence-electron chi connectivity index (χ0n) is 11.6. The maximum atomic E-state index is 6.00. The molecule has 1 fully saturated rings. The fraction of sp³-hybridized carbons (Fsp3) is 0.692. The van der Waals surface area contributed by atoms with Crippen molar-refractivity contribution in [2.45, 2.75) is 45.6 Å². The van der Waals surface area contributed by atoms with Gasteiger partial charge in [-0.2, -0.15) is 11.8 Å². The molecule has 0 spiro atoms. The quantitative estimate of drug-likeness (QED) is 0.861. The Morgan fingerprint density at radius 1 is 1.33 bits per heavy atom. The third-order valence-electron chi connectivity index (χ3n) is 3.12. The van der Waals surface area contributed by atoms with Crippen molar-refractivity contribution in [3.63, 3.8) is 0 Å². The molecule has 0 saturated carbocycles. The van der Waals surface area contributed by atoms with Gasteiger partial charge in [0.05, 0.1) is 0 Å². The Morgan fingerprint density at radius 3 is 2.61 bits per heavy atom. The maximum Gasteiger partial charge on any atom is 0.138 e.